The third-order valence-electron chi connectivity index (χ3n) is 5.30. The summed E-state index contributed by atoms with van der Waals surface area (Å²) in [5.41, 5.74) is 17.4. The molecular weight excluding hydrogens is 378 g/mol. The van der Waals surface area contributed by atoms with Gasteiger partial charge in [0, 0.05) is 18.7 Å². The first kappa shape index (κ1) is 18.4. The van der Waals surface area contributed by atoms with Crippen molar-refractivity contribution >= 4 is 28.5 Å². The Kier molecular flexibility index (Phi) is 4.68. The van der Waals surface area contributed by atoms with E-state index in [0.29, 0.717) is 37.1 Å². The molecule has 1 saturated heterocycles. The molecule has 152 valence electrons. The largest absolute Gasteiger partial charge is 0.397 e. The second-order valence-corrected chi connectivity index (χ2v) is 7.35. The first-order valence-electron chi connectivity index (χ1n) is 9.94. The number of nitrogens with two attached hydrogens (primary N) is 2. The summed E-state index contributed by atoms with van der Waals surface area (Å²) in [4.78, 5) is 16.6. The molecule has 1 fully saturated rings. The van der Waals surface area contributed by atoms with Crippen molar-refractivity contribution in [3.05, 3.63) is 60.4 Å². The first-order valence-corrected chi connectivity index (χ1v) is 9.94. The maximum Gasteiger partial charge on any atom is 0.228 e. The van der Waals surface area contributed by atoms with Crippen LogP contribution in [-0.4, -0.2) is 45.8 Å². The summed E-state index contributed by atoms with van der Waals surface area (Å²) < 4.78 is 7.55. The van der Waals surface area contributed by atoms with E-state index in [4.69, 9.17) is 26.2 Å². The Morgan fingerprint density at radius 1 is 0.933 bits per heavy atom. The van der Waals surface area contributed by atoms with E-state index in [9.17, 15) is 0 Å². The molecule has 1 aliphatic heterocycles. The lowest BCUT2D eigenvalue weighted by Gasteiger charge is -2.27. The second-order valence-electron chi connectivity index (χ2n) is 7.35. The number of anilines is 3. The minimum Gasteiger partial charge on any atom is -0.397 e. The molecule has 5 rings (SSSR count). The van der Waals surface area contributed by atoms with Crippen molar-refractivity contribution < 1.29 is 4.74 Å². The summed E-state index contributed by atoms with van der Waals surface area (Å²) in [7, 11) is 0. The standard InChI is InChI=1S/C22H23N7O/c23-17-7-6-16(12-18(17)24)19-20-21(27-22(26-19)28-8-10-30-11-9-28)29(14-25-20)13-15-4-2-1-3-5-15/h1-7,12,14H,8-11,13,23-24H2. The molecule has 0 atom stereocenters. The SMILES string of the molecule is Nc1ccc(-c2nc(N3CCOCC3)nc3c2ncn3Cc2ccccc2)cc1N. The van der Waals surface area contributed by atoms with Crippen molar-refractivity contribution in [2.45, 2.75) is 6.54 Å². The molecule has 8 heteroatoms. The molecule has 1 aliphatic rings. The summed E-state index contributed by atoms with van der Waals surface area (Å²) in [5, 5.41) is 0. The van der Waals surface area contributed by atoms with E-state index in [1.54, 1.807) is 6.07 Å². The maximum atomic E-state index is 6.07. The predicted molar refractivity (Wildman–Crippen MR) is 118 cm³/mol. The average Bonchev–Trinajstić information content (AvgIpc) is 3.19. The molecule has 2 aromatic heterocycles. The highest BCUT2D eigenvalue weighted by Gasteiger charge is 2.20. The second kappa shape index (κ2) is 7.64. The van der Waals surface area contributed by atoms with Crippen LogP contribution in [0.2, 0.25) is 0 Å². The van der Waals surface area contributed by atoms with Crippen molar-refractivity contribution in [2.24, 2.45) is 0 Å². The molecule has 3 heterocycles. The lowest BCUT2D eigenvalue weighted by Crippen LogP contribution is -2.37. The van der Waals surface area contributed by atoms with Gasteiger partial charge in [-0.05, 0) is 17.7 Å². The number of ether oxygens (including phenoxy) is 1. The molecule has 0 aliphatic carbocycles. The number of imidazole rings is 1. The number of aromatic nitrogens is 4. The highest BCUT2D eigenvalue weighted by Crippen LogP contribution is 2.30. The van der Waals surface area contributed by atoms with Crippen LogP contribution in [0.3, 0.4) is 0 Å². The van der Waals surface area contributed by atoms with Gasteiger partial charge in [0.15, 0.2) is 5.65 Å². The van der Waals surface area contributed by atoms with E-state index in [1.165, 1.54) is 5.56 Å². The highest BCUT2D eigenvalue weighted by molar-refractivity contribution is 5.90. The lowest BCUT2D eigenvalue weighted by molar-refractivity contribution is 0.122. The molecule has 0 spiro atoms. The molecule has 4 aromatic rings. The van der Waals surface area contributed by atoms with E-state index in [-0.39, 0.29) is 0 Å². The first-order chi connectivity index (χ1) is 14.7. The Balaban J connectivity index is 1.66. The number of hydrogen-bond donors (Lipinski definition) is 2. The molecule has 8 nitrogen and oxygen atoms in total. The zero-order chi connectivity index (χ0) is 20.5. The van der Waals surface area contributed by atoms with E-state index >= 15 is 0 Å². The van der Waals surface area contributed by atoms with Crippen molar-refractivity contribution in [3.8, 4) is 11.3 Å². The summed E-state index contributed by atoms with van der Waals surface area (Å²) in [6.45, 7) is 3.51. The van der Waals surface area contributed by atoms with E-state index in [2.05, 4.69) is 26.6 Å². The summed E-state index contributed by atoms with van der Waals surface area (Å²) in [6, 6.07) is 15.8. The molecular formula is C22H23N7O. The fraction of sp³-hybridized carbons (Fsp3) is 0.227. The van der Waals surface area contributed by atoms with Gasteiger partial charge in [-0.25, -0.2) is 9.97 Å². The van der Waals surface area contributed by atoms with Crippen molar-refractivity contribution in [1.29, 1.82) is 0 Å². The maximum absolute atomic E-state index is 6.07. The van der Waals surface area contributed by atoms with E-state index < -0.39 is 0 Å². The third-order valence-corrected chi connectivity index (χ3v) is 5.30. The Morgan fingerprint density at radius 2 is 1.73 bits per heavy atom. The molecule has 0 saturated carbocycles. The van der Waals surface area contributed by atoms with Crippen LogP contribution in [0.5, 0.6) is 0 Å². The summed E-state index contributed by atoms with van der Waals surface area (Å²) in [6.07, 6.45) is 1.82. The summed E-state index contributed by atoms with van der Waals surface area (Å²) >= 11 is 0. The van der Waals surface area contributed by atoms with Crippen LogP contribution in [0.4, 0.5) is 17.3 Å². The van der Waals surface area contributed by atoms with Gasteiger partial charge in [0.2, 0.25) is 5.95 Å². The highest BCUT2D eigenvalue weighted by atomic mass is 16.5. The van der Waals surface area contributed by atoms with Crippen LogP contribution in [0.1, 0.15) is 5.56 Å². The Hall–Kier alpha value is -3.65. The molecule has 2 aromatic carbocycles. The fourth-order valence-electron chi connectivity index (χ4n) is 3.66. The Labute approximate surface area is 174 Å². The van der Waals surface area contributed by atoms with Gasteiger partial charge < -0.3 is 25.7 Å². The van der Waals surface area contributed by atoms with Gasteiger partial charge in [-0.2, -0.15) is 4.98 Å². The van der Waals surface area contributed by atoms with Crippen LogP contribution >= 0.6 is 0 Å². The molecule has 4 N–H and O–H groups in total. The number of morpholine rings is 1. The molecule has 0 unspecified atom stereocenters. The van der Waals surface area contributed by atoms with Gasteiger partial charge in [0.25, 0.3) is 0 Å². The van der Waals surface area contributed by atoms with Crippen molar-refractivity contribution in [1.82, 2.24) is 19.5 Å². The van der Waals surface area contributed by atoms with Crippen LogP contribution in [0, 0.1) is 0 Å². The minimum atomic E-state index is 0.524. The van der Waals surface area contributed by atoms with E-state index in [1.807, 2.05) is 36.7 Å². The van der Waals surface area contributed by atoms with Gasteiger partial charge in [-0.1, -0.05) is 36.4 Å². The van der Waals surface area contributed by atoms with Crippen molar-refractivity contribution in [3.63, 3.8) is 0 Å². The van der Waals surface area contributed by atoms with Crippen LogP contribution < -0.4 is 16.4 Å². The van der Waals surface area contributed by atoms with Crippen LogP contribution in [-0.2, 0) is 11.3 Å². The third kappa shape index (κ3) is 3.42. The normalized spacial score (nSPS) is 14.3. The van der Waals surface area contributed by atoms with Gasteiger partial charge >= 0.3 is 0 Å². The predicted octanol–water partition coefficient (Wildman–Crippen LogP) is 2.54. The number of fused-ring (bicyclic) bond motifs is 1. The number of hydrogen-bond acceptors (Lipinski definition) is 7. The lowest BCUT2D eigenvalue weighted by atomic mass is 10.1. The van der Waals surface area contributed by atoms with Crippen molar-refractivity contribution in [2.75, 3.05) is 42.7 Å². The number of rotatable bonds is 4. The number of nitrogens with zero attached hydrogens (tertiary/aromatic N) is 5. The summed E-state index contributed by atoms with van der Waals surface area (Å²) in [5.74, 6) is 0.672. The topological polar surface area (TPSA) is 108 Å². The fourth-order valence-corrected chi connectivity index (χ4v) is 3.66. The average molecular weight is 401 g/mol. The van der Waals surface area contributed by atoms with Gasteiger partial charge in [0.1, 0.15) is 11.2 Å². The van der Waals surface area contributed by atoms with E-state index in [0.717, 1.165) is 35.5 Å². The zero-order valence-corrected chi connectivity index (χ0v) is 16.5. The number of nitrogen functional groups attached to an aromatic ring is 2. The molecule has 30 heavy (non-hydrogen) atoms. The smallest absolute Gasteiger partial charge is 0.228 e. The number of benzene rings is 2. The Morgan fingerprint density at radius 3 is 2.50 bits per heavy atom. The molecule has 0 radical (unpaired) electrons. The monoisotopic (exact) mass is 401 g/mol. The zero-order valence-electron chi connectivity index (χ0n) is 16.5. The van der Waals surface area contributed by atoms with Crippen LogP contribution in [0.15, 0.2) is 54.9 Å². The molecule has 0 amide bonds. The van der Waals surface area contributed by atoms with Crippen LogP contribution in [0.25, 0.3) is 22.4 Å². The minimum absolute atomic E-state index is 0.524. The quantitative estimate of drug-likeness (QED) is 0.506. The van der Waals surface area contributed by atoms with Gasteiger partial charge in [-0.3, -0.25) is 0 Å². The Bertz CT molecular complexity index is 1180. The van der Waals surface area contributed by atoms with Gasteiger partial charge in [-0.15, -0.1) is 0 Å². The molecule has 0 bridgehead atoms. The van der Waals surface area contributed by atoms with Gasteiger partial charge in [0.05, 0.1) is 37.5 Å².